The van der Waals surface area contributed by atoms with Crippen molar-refractivity contribution in [1.82, 2.24) is 9.62 Å². The van der Waals surface area contributed by atoms with Crippen molar-refractivity contribution in [3.63, 3.8) is 0 Å². The molecule has 0 atom stereocenters. The lowest BCUT2D eigenvalue weighted by molar-refractivity contribution is 0.194. The summed E-state index contributed by atoms with van der Waals surface area (Å²) >= 11 is 0. The van der Waals surface area contributed by atoms with Crippen LogP contribution < -0.4 is 16.0 Å². The van der Waals surface area contributed by atoms with Gasteiger partial charge in [0, 0.05) is 12.2 Å². The molecular formula is C14H24N4O2S. The molecule has 6 nitrogen and oxygen atoms in total. The van der Waals surface area contributed by atoms with Gasteiger partial charge in [-0.05, 0) is 62.7 Å². The van der Waals surface area contributed by atoms with E-state index in [-0.39, 0.29) is 4.90 Å². The summed E-state index contributed by atoms with van der Waals surface area (Å²) in [7, 11) is -3.44. The molecule has 0 radical (unpaired) electrons. The second-order valence-electron chi connectivity index (χ2n) is 5.40. The highest BCUT2D eigenvalue weighted by molar-refractivity contribution is 7.89. The number of hydrogen-bond donors (Lipinski definition) is 3. The van der Waals surface area contributed by atoms with Gasteiger partial charge in [-0.2, -0.15) is 0 Å². The summed E-state index contributed by atoms with van der Waals surface area (Å²) in [5, 5.41) is 0. The first kappa shape index (κ1) is 16.2. The zero-order valence-electron chi connectivity index (χ0n) is 12.4. The third-order valence-corrected chi connectivity index (χ3v) is 5.49. The summed E-state index contributed by atoms with van der Waals surface area (Å²) in [6.07, 6.45) is 2.10. The van der Waals surface area contributed by atoms with E-state index in [1.165, 1.54) is 0 Å². The fourth-order valence-corrected chi connectivity index (χ4v) is 3.66. The molecule has 7 heteroatoms. The van der Waals surface area contributed by atoms with Crippen molar-refractivity contribution < 1.29 is 8.42 Å². The molecule has 1 heterocycles. The first-order valence-electron chi connectivity index (χ1n) is 7.34. The van der Waals surface area contributed by atoms with Crippen LogP contribution in [-0.2, 0) is 10.0 Å². The highest BCUT2D eigenvalue weighted by atomic mass is 32.2. The smallest absolute Gasteiger partial charge is 0.240 e. The van der Waals surface area contributed by atoms with Crippen molar-refractivity contribution >= 4 is 15.7 Å². The summed E-state index contributed by atoms with van der Waals surface area (Å²) < 4.78 is 27.2. The van der Waals surface area contributed by atoms with Gasteiger partial charge in [0.15, 0.2) is 0 Å². The number of likely N-dealkylation sites (tertiary alicyclic amines) is 1. The number of rotatable bonds is 6. The van der Waals surface area contributed by atoms with Gasteiger partial charge in [-0.15, -0.1) is 0 Å². The maximum Gasteiger partial charge on any atom is 0.240 e. The molecule has 1 saturated heterocycles. The van der Waals surface area contributed by atoms with Crippen LogP contribution in [0.4, 0.5) is 5.69 Å². The molecule has 0 aliphatic carbocycles. The number of nitrogen functional groups attached to an aromatic ring is 1. The Balaban J connectivity index is 1.89. The SMILES string of the molecule is CCN1CCC(CNS(=O)(=O)c2ccc(NN)cc2)CC1. The number of hydrogen-bond acceptors (Lipinski definition) is 5. The number of nitrogens with zero attached hydrogens (tertiary/aromatic N) is 1. The molecule has 1 aromatic rings. The molecule has 0 bridgehead atoms. The van der Waals surface area contributed by atoms with Gasteiger partial charge in [0.1, 0.15) is 0 Å². The van der Waals surface area contributed by atoms with E-state index in [1.807, 2.05) is 0 Å². The first-order chi connectivity index (χ1) is 10.0. The fourth-order valence-electron chi connectivity index (χ4n) is 2.55. The summed E-state index contributed by atoms with van der Waals surface area (Å²) in [4.78, 5) is 2.66. The summed E-state index contributed by atoms with van der Waals surface area (Å²) in [5.74, 6) is 5.69. The van der Waals surface area contributed by atoms with Crippen LogP contribution in [0.3, 0.4) is 0 Å². The zero-order chi connectivity index (χ0) is 15.3. The molecule has 21 heavy (non-hydrogen) atoms. The first-order valence-corrected chi connectivity index (χ1v) is 8.82. The van der Waals surface area contributed by atoms with Crippen LogP contribution in [0.25, 0.3) is 0 Å². The molecule has 1 aliphatic heterocycles. The van der Waals surface area contributed by atoms with Crippen LogP contribution in [0.1, 0.15) is 19.8 Å². The number of piperidine rings is 1. The lowest BCUT2D eigenvalue weighted by Crippen LogP contribution is -2.38. The Hall–Kier alpha value is -1.15. The Morgan fingerprint density at radius 1 is 1.24 bits per heavy atom. The van der Waals surface area contributed by atoms with Crippen LogP contribution >= 0.6 is 0 Å². The molecule has 1 aliphatic rings. The molecule has 4 N–H and O–H groups in total. The van der Waals surface area contributed by atoms with Crippen LogP contribution in [-0.4, -0.2) is 39.5 Å². The maximum atomic E-state index is 12.2. The number of nitrogens with two attached hydrogens (primary N) is 1. The summed E-state index contributed by atoms with van der Waals surface area (Å²) in [6, 6.07) is 6.40. The van der Waals surface area contributed by atoms with Gasteiger partial charge in [0.25, 0.3) is 0 Å². The van der Waals surface area contributed by atoms with Crippen molar-refractivity contribution in [2.24, 2.45) is 11.8 Å². The molecular weight excluding hydrogens is 288 g/mol. The van der Waals surface area contributed by atoms with Gasteiger partial charge in [0.05, 0.1) is 4.90 Å². The second-order valence-corrected chi connectivity index (χ2v) is 7.17. The van der Waals surface area contributed by atoms with E-state index in [1.54, 1.807) is 24.3 Å². The van der Waals surface area contributed by atoms with E-state index in [4.69, 9.17) is 5.84 Å². The Labute approximate surface area is 126 Å². The van der Waals surface area contributed by atoms with Crippen LogP contribution in [0.2, 0.25) is 0 Å². The van der Waals surface area contributed by atoms with E-state index in [9.17, 15) is 8.42 Å². The Morgan fingerprint density at radius 3 is 2.38 bits per heavy atom. The number of sulfonamides is 1. The van der Waals surface area contributed by atoms with Crippen LogP contribution in [0.5, 0.6) is 0 Å². The second kappa shape index (κ2) is 7.22. The monoisotopic (exact) mass is 312 g/mol. The Kier molecular flexibility index (Phi) is 5.58. The number of benzene rings is 1. The van der Waals surface area contributed by atoms with Gasteiger partial charge >= 0.3 is 0 Å². The average Bonchev–Trinajstić information content (AvgIpc) is 2.53. The van der Waals surface area contributed by atoms with Crippen molar-refractivity contribution in [2.45, 2.75) is 24.7 Å². The van der Waals surface area contributed by atoms with E-state index in [2.05, 4.69) is 22.0 Å². The highest BCUT2D eigenvalue weighted by Crippen LogP contribution is 2.18. The third kappa shape index (κ3) is 4.41. The summed E-state index contributed by atoms with van der Waals surface area (Å²) in [5.41, 5.74) is 3.16. The van der Waals surface area contributed by atoms with Crippen molar-refractivity contribution in [3.8, 4) is 0 Å². The van der Waals surface area contributed by atoms with Crippen LogP contribution in [0.15, 0.2) is 29.2 Å². The molecule has 0 saturated carbocycles. The minimum atomic E-state index is -3.44. The molecule has 118 valence electrons. The van der Waals surface area contributed by atoms with Crippen molar-refractivity contribution in [3.05, 3.63) is 24.3 Å². The highest BCUT2D eigenvalue weighted by Gasteiger charge is 2.21. The maximum absolute atomic E-state index is 12.2. The molecule has 0 spiro atoms. The molecule has 1 aromatic carbocycles. The van der Waals surface area contributed by atoms with Gasteiger partial charge in [-0.3, -0.25) is 5.84 Å². The standard InChI is InChI=1S/C14H24N4O2S/c1-2-18-9-7-12(8-10-18)11-16-21(19,20)14-5-3-13(17-15)4-6-14/h3-6,12,16-17H,2,7-11,15H2,1H3. The number of hydrazine groups is 1. The van der Waals surface area contributed by atoms with E-state index < -0.39 is 10.0 Å². The van der Waals surface area contributed by atoms with Gasteiger partial charge < -0.3 is 10.3 Å². The number of anilines is 1. The quantitative estimate of drug-likeness (QED) is 0.538. The predicted octanol–water partition coefficient (Wildman–Crippen LogP) is 0.982. The normalized spacial score (nSPS) is 17.8. The molecule has 2 rings (SSSR count). The predicted molar refractivity (Wildman–Crippen MR) is 84.3 cm³/mol. The lowest BCUT2D eigenvalue weighted by Gasteiger charge is -2.30. The topological polar surface area (TPSA) is 87.5 Å². The summed E-state index contributed by atoms with van der Waals surface area (Å²) in [6.45, 7) is 5.85. The van der Waals surface area contributed by atoms with E-state index >= 15 is 0 Å². The van der Waals surface area contributed by atoms with Gasteiger partial charge in [0.2, 0.25) is 10.0 Å². The zero-order valence-corrected chi connectivity index (χ0v) is 13.2. The average molecular weight is 312 g/mol. The number of nitrogens with one attached hydrogen (secondary N) is 2. The van der Waals surface area contributed by atoms with Crippen molar-refractivity contribution in [2.75, 3.05) is 31.6 Å². The Morgan fingerprint density at radius 2 is 1.86 bits per heavy atom. The van der Waals surface area contributed by atoms with E-state index in [0.717, 1.165) is 32.5 Å². The fraction of sp³-hybridized carbons (Fsp3) is 0.571. The lowest BCUT2D eigenvalue weighted by atomic mass is 9.97. The molecule has 0 unspecified atom stereocenters. The largest absolute Gasteiger partial charge is 0.324 e. The van der Waals surface area contributed by atoms with Crippen molar-refractivity contribution in [1.29, 1.82) is 0 Å². The molecule has 0 aromatic heterocycles. The van der Waals surface area contributed by atoms with Gasteiger partial charge in [-0.1, -0.05) is 6.92 Å². The molecule has 1 fully saturated rings. The van der Waals surface area contributed by atoms with Crippen LogP contribution in [0, 0.1) is 5.92 Å². The minimum Gasteiger partial charge on any atom is -0.324 e. The minimum absolute atomic E-state index is 0.271. The van der Waals surface area contributed by atoms with Gasteiger partial charge in [-0.25, -0.2) is 13.1 Å². The van der Waals surface area contributed by atoms with E-state index in [0.29, 0.717) is 18.2 Å². The molecule has 0 amide bonds. The Bertz CT molecular complexity index is 537. The third-order valence-electron chi connectivity index (χ3n) is 4.05.